The Morgan fingerprint density at radius 2 is 2.19 bits per heavy atom. The summed E-state index contributed by atoms with van der Waals surface area (Å²) in [6, 6.07) is 8.71. The Balaban J connectivity index is 2.26. The highest BCUT2D eigenvalue weighted by atomic mass is 16.3. The normalized spacial score (nSPS) is 31.6. The molecule has 0 aromatic heterocycles. The van der Waals surface area contributed by atoms with Crippen LogP contribution < -0.4 is 0 Å². The van der Waals surface area contributed by atoms with Crippen molar-refractivity contribution in [3.05, 3.63) is 35.4 Å². The topological polar surface area (TPSA) is 23.5 Å². The number of benzene rings is 1. The second kappa shape index (κ2) is 4.19. The highest BCUT2D eigenvalue weighted by Gasteiger charge is 2.36. The lowest BCUT2D eigenvalue weighted by Gasteiger charge is -2.41. The number of aliphatic hydroxyl groups is 1. The molecule has 2 atom stereocenters. The highest BCUT2D eigenvalue weighted by Crippen LogP contribution is 2.35. The maximum absolute atomic E-state index is 10.7. The van der Waals surface area contributed by atoms with Crippen molar-refractivity contribution in [3.63, 3.8) is 0 Å². The molecule has 1 aromatic carbocycles. The Bertz CT molecular complexity index is 377. The summed E-state index contributed by atoms with van der Waals surface area (Å²) < 4.78 is 0. The molecule has 2 unspecified atom stereocenters. The average Bonchev–Trinajstić information content (AvgIpc) is 2.24. The van der Waals surface area contributed by atoms with Gasteiger partial charge in [0.25, 0.3) is 0 Å². The smallest absolute Gasteiger partial charge is 0.0923 e. The maximum atomic E-state index is 10.7. The Kier molecular flexibility index (Phi) is 3.04. The van der Waals surface area contributed by atoms with Gasteiger partial charge in [0, 0.05) is 12.6 Å². The van der Waals surface area contributed by atoms with Crippen molar-refractivity contribution in [2.75, 3.05) is 13.6 Å². The fraction of sp³-hybridized carbons (Fsp3) is 0.571. The van der Waals surface area contributed by atoms with Crippen LogP contribution in [0.3, 0.4) is 0 Å². The van der Waals surface area contributed by atoms with Crippen LogP contribution in [0.1, 0.15) is 30.9 Å². The first-order valence-corrected chi connectivity index (χ1v) is 6.01. The van der Waals surface area contributed by atoms with E-state index in [4.69, 9.17) is 0 Å². The van der Waals surface area contributed by atoms with Gasteiger partial charge in [-0.3, -0.25) is 0 Å². The zero-order chi connectivity index (χ0) is 11.8. The van der Waals surface area contributed by atoms with E-state index in [0.717, 1.165) is 24.9 Å². The standard InChI is InChI=1S/C14H21NO/c1-11-5-4-6-13(9-11)14(16)7-8-15(3)12(2)10-14/h4-6,9,12,16H,7-8,10H2,1-3H3. The SMILES string of the molecule is Cc1cccc(C2(O)CCN(C)C(C)C2)c1. The van der Waals surface area contributed by atoms with Crippen LogP contribution in [0, 0.1) is 6.92 Å². The molecule has 0 bridgehead atoms. The molecule has 1 aromatic rings. The zero-order valence-corrected chi connectivity index (χ0v) is 10.4. The minimum absolute atomic E-state index is 0.444. The predicted molar refractivity (Wildman–Crippen MR) is 66.4 cm³/mol. The van der Waals surface area contributed by atoms with Gasteiger partial charge in [0.2, 0.25) is 0 Å². The third-order valence-corrected chi connectivity index (χ3v) is 3.82. The molecule has 0 saturated carbocycles. The molecule has 1 N–H and O–H groups in total. The molecule has 1 fully saturated rings. The van der Waals surface area contributed by atoms with E-state index < -0.39 is 5.60 Å². The van der Waals surface area contributed by atoms with Crippen LogP contribution in [0.15, 0.2) is 24.3 Å². The number of aryl methyl sites for hydroxylation is 1. The van der Waals surface area contributed by atoms with Gasteiger partial charge in [-0.1, -0.05) is 29.8 Å². The van der Waals surface area contributed by atoms with Gasteiger partial charge in [0.05, 0.1) is 5.60 Å². The molecular formula is C14H21NO. The van der Waals surface area contributed by atoms with Gasteiger partial charge in [-0.05, 0) is 39.3 Å². The molecule has 2 rings (SSSR count). The van der Waals surface area contributed by atoms with E-state index >= 15 is 0 Å². The van der Waals surface area contributed by atoms with Gasteiger partial charge in [-0.25, -0.2) is 0 Å². The summed E-state index contributed by atoms with van der Waals surface area (Å²) in [5.41, 5.74) is 1.67. The second-order valence-electron chi connectivity index (χ2n) is 5.18. The van der Waals surface area contributed by atoms with Crippen molar-refractivity contribution in [2.24, 2.45) is 0 Å². The third-order valence-electron chi connectivity index (χ3n) is 3.82. The van der Waals surface area contributed by atoms with Crippen molar-refractivity contribution in [1.82, 2.24) is 4.90 Å². The monoisotopic (exact) mass is 219 g/mol. The van der Waals surface area contributed by atoms with Gasteiger partial charge in [-0.15, -0.1) is 0 Å². The molecule has 1 aliphatic heterocycles. The molecule has 2 heteroatoms. The zero-order valence-electron chi connectivity index (χ0n) is 10.4. The van der Waals surface area contributed by atoms with Crippen LogP contribution in [0.25, 0.3) is 0 Å². The molecule has 0 spiro atoms. The predicted octanol–water partition coefficient (Wildman–Crippen LogP) is 2.30. The van der Waals surface area contributed by atoms with Crippen LogP contribution in [0.5, 0.6) is 0 Å². The van der Waals surface area contributed by atoms with Crippen molar-refractivity contribution >= 4 is 0 Å². The van der Waals surface area contributed by atoms with Crippen molar-refractivity contribution in [1.29, 1.82) is 0 Å². The van der Waals surface area contributed by atoms with Crippen molar-refractivity contribution in [3.8, 4) is 0 Å². The maximum Gasteiger partial charge on any atom is 0.0923 e. The van der Waals surface area contributed by atoms with E-state index in [-0.39, 0.29) is 0 Å². The van der Waals surface area contributed by atoms with Gasteiger partial charge < -0.3 is 10.0 Å². The van der Waals surface area contributed by atoms with Crippen LogP contribution in [-0.2, 0) is 5.60 Å². The van der Waals surface area contributed by atoms with E-state index in [0.29, 0.717) is 6.04 Å². The van der Waals surface area contributed by atoms with E-state index in [2.05, 4.69) is 37.9 Å². The van der Waals surface area contributed by atoms with E-state index in [1.165, 1.54) is 5.56 Å². The summed E-state index contributed by atoms with van der Waals surface area (Å²) >= 11 is 0. The van der Waals surface area contributed by atoms with Crippen molar-refractivity contribution < 1.29 is 5.11 Å². The Morgan fingerprint density at radius 3 is 2.81 bits per heavy atom. The average molecular weight is 219 g/mol. The van der Waals surface area contributed by atoms with Gasteiger partial charge in [0.15, 0.2) is 0 Å². The summed E-state index contributed by atoms with van der Waals surface area (Å²) in [5.74, 6) is 0. The lowest BCUT2D eigenvalue weighted by molar-refractivity contribution is -0.0408. The number of likely N-dealkylation sites (tertiary alicyclic amines) is 1. The number of rotatable bonds is 1. The molecular weight excluding hydrogens is 198 g/mol. The molecule has 16 heavy (non-hydrogen) atoms. The first kappa shape index (κ1) is 11.6. The summed E-state index contributed by atoms with van der Waals surface area (Å²) in [5, 5.41) is 10.7. The van der Waals surface area contributed by atoms with Gasteiger partial charge in [-0.2, -0.15) is 0 Å². The molecule has 0 amide bonds. The molecule has 1 aliphatic rings. The molecule has 2 nitrogen and oxygen atoms in total. The van der Waals surface area contributed by atoms with E-state index in [1.807, 2.05) is 12.1 Å². The Morgan fingerprint density at radius 1 is 1.44 bits per heavy atom. The molecule has 0 aliphatic carbocycles. The summed E-state index contributed by atoms with van der Waals surface area (Å²) in [4.78, 5) is 2.31. The number of piperidine rings is 1. The molecule has 1 heterocycles. The van der Waals surface area contributed by atoms with Crippen molar-refractivity contribution in [2.45, 2.75) is 38.3 Å². The second-order valence-corrected chi connectivity index (χ2v) is 5.18. The van der Waals surface area contributed by atoms with Crippen LogP contribution >= 0.6 is 0 Å². The van der Waals surface area contributed by atoms with Gasteiger partial charge >= 0.3 is 0 Å². The number of hydrogen-bond donors (Lipinski definition) is 1. The lowest BCUT2D eigenvalue weighted by Crippen LogP contribution is -2.45. The largest absolute Gasteiger partial charge is 0.385 e. The van der Waals surface area contributed by atoms with Crippen LogP contribution in [0.4, 0.5) is 0 Å². The lowest BCUT2D eigenvalue weighted by atomic mass is 9.81. The Hall–Kier alpha value is -0.860. The number of hydrogen-bond acceptors (Lipinski definition) is 2. The first-order valence-electron chi connectivity index (χ1n) is 6.01. The minimum atomic E-state index is -0.627. The quantitative estimate of drug-likeness (QED) is 0.783. The fourth-order valence-corrected chi connectivity index (χ4v) is 2.53. The molecule has 0 radical (unpaired) electrons. The Labute approximate surface area is 97.9 Å². The van der Waals surface area contributed by atoms with Gasteiger partial charge in [0.1, 0.15) is 0 Å². The first-order chi connectivity index (χ1) is 7.51. The fourth-order valence-electron chi connectivity index (χ4n) is 2.53. The molecule has 1 saturated heterocycles. The summed E-state index contributed by atoms with van der Waals surface area (Å²) in [6.45, 7) is 5.22. The number of nitrogens with zero attached hydrogens (tertiary/aromatic N) is 1. The summed E-state index contributed by atoms with van der Waals surface area (Å²) in [7, 11) is 2.13. The molecule has 88 valence electrons. The highest BCUT2D eigenvalue weighted by molar-refractivity contribution is 5.28. The van der Waals surface area contributed by atoms with Crippen LogP contribution in [-0.4, -0.2) is 29.6 Å². The van der Waals surface area contributed by atoms with E-state index in [9.17, 15) is 5.11 Å². The van der Waals surface area contributed by atoms with Crippen LogP contribution in [0.2, 0.25) is 0 Å². The summed E-state index contributed by atoms with van der Waals surface area (Å²) in [6.07, 6.45) is 1.66. The third kappa shape index (κ3) is 2.13. The minimum Gasteiger partial charge on any atom is -0.385 e. The van der Waals surface area contributed by atoms with E-state index in [1.54, 1.807) is 0 Å².